The molecule has 1 aromatic heterocycles. The maximum Gasteiger partial charge on any atom is 0.319 e. The quantitative estimate of drug-likeness (QED) is 0.467. The standard InChI is InChI=1S/C23H23N3O5/c1-15-7-9-17(10-8-15)18(13-20(28)29)24-23(31)25-21-19(27)11-12-26(22(21)30)14-16-5-3-2-4-6-16/h2-12,18,27H,13-14H2,1H3,(H,28,29)(H2,24,25,31)/t18-/m0/s1. The Bertz CT molecular complexity index is 1120. The summed E-state index contributed by atoms with van der Waals surface area (Å²) in [6.45, 7) is 2.16. The van der Waals surface area contributed by atoms with Crippen LogP contribution in [0.5, 0.6) is 5.75 Å². The minimum atomic E-state index is -1.08. The molecule has 0 saturated heterocycles. The highest BCUT2D eigenvalue weighted by Gasteiger charge is 2.20. The van der Waals surface area contributed by atoms with Crippen molar-refractivity contribution in [3.8, 4) is 5.75 Å². The summed E-state index contributed by atoms with van der Waals surface area (Å²) >= 11 is 0. The third-order valence-corrected chi connectivity index (χ3v) is 4.74. The zero-order chi connectivity index (χ0) is 22.4. The normalized spacial score (nSPS) is 11.5. The smallest absolute Gasteiger partial charge is 0.319 e. The molecule has 1 atom stereocenters. The van der Waals surface area contributed by atoms with E-state index in [-0.39, 0.29) is 24.4 Å². The van der Waals surface area contributed by atoms with Crippen LogP contribution in [0.4, 0.5) is 10.5 Å². The number of nitrogens with zero attached hydrogens (tertiary/aromatic N) is 1. The molecule has 0 saturated carbocycles. The topological polar surface area (TPSA) is 121 Å². The number of amides is 2. The van der Waals surface area contributed by atoms with E-state index in [9.17, 15) is 24.6 Å². The van der Waals surface area contributed by atoms with Crippen LogP contribution >= 0.6 is 0 Å². The van der Waals surface area contributed by atoms with Crippen molar-refractivity contribution in [2.75, 3.05) is 5.32 Å². The molecule has 2 amide bonds. The molecular formula is C23H23N3O5. The second-order valence-electron chi connectivity index (χ2n) is 7.15. The van der Waals surface area contributed by atoms with Crippen LogP contribution in [0.2, 0.25) is 0 Å². The Balaban J connectivity index is 1.79. The highest BCUT2D eigenvalue weighted by molar-refractivity contribution is 5.91. The molecule has 0 bridgehead atoms. The van der Waals surface area contributed by atoms with Gasteiger partial charge < -0.3 is 25.4 Å². The average Bonchev–Trinajstić information content (AvgIpc) is 2.74. The number of aliphatic carboxylic acids is 1. The number of aromatic nitrogens is 1. The van der Waals surface area contributed by atoms with Crippen LogP contribution in [0.3, 0.4) is 0 Å². The number of carbonyl (C=O) groups is 2. The summed E-state index contributed by atoms with van der Waals surface area (Å²) in [6.07, 6.45) is 1.10. The van der Waals surface area contributed by atoms with Gasteiger partial charge in [-0.3, -0.25) is 9.59 Å². The lowest BCUT2D eigenvalue weighted by Crippen LogP contribution is -2.36. The second kappa shape index (κ2) is 9.62. The number of rotatable bonds is 7. The van der Waals surface area contributed by atoms with Crippen molar-refractivity contribution in [2.24, 2.45) is 0 Å². The van der Waals surface area contributed by atoms with Crippen LogP contribution in [-0.2, 0) is 11.3 Å². The molecule has 8 nitrogen and oxygen atoms in total. The predicted octanol–water partition coefficient (Wildman–Crippen LogP) is 3.25. The maximum atomic E-state index is 12.8. The molecule has 31 heavy (non-hydrogen) atoms. The van der Waals surface area contributed by atoms with E-state index >= 15 is 0 Å². The Morgan fingerprint density at radius 2 is 1.71 bits per heavy atom. The predicted molar refractivity (Wildman–Crippen MR) is 116 cm³/mol. The fourth-order valence-corrected chi connectivity index (χ4v) is 3.12. The molecule has 4 N–H and O–H groups in total. The fourth-order valence-electron chi connectivity index (χ4n) is 3.12. The number of aryl methyl sites for hydroxylation is 1. The second-order valence-corrected chi connectivity index (χ2v) is 7.15. The molecule has 3 rings (SSSR count). The van der Waals surface area contributed by atoms with Gasteiger partial charge in [0.15, 0.2) is 5.69 Å². The van der Waals surface area contributed by atoms with Gasteiger partial charge in [-0.1, -0.05) is 60.2 Å². The van der Waals surface area contributed by atoms with E-state index < -0.39 is 23.6 Å². The maximum absolute atomic E-state index is 12.8. The molecule has 0 fully saturated rings. The number of carboxylic acid groups (broad SMARTS) is 1. The van der Waals surface area contributed by atoms with Crippen LogP contribution in [0, 0.1) is 6.92 Å². The molecule has 0 spiro atoms. The Hall–Kier alpha value is -4.07. The molecule has 3 aromatic rings. The molecule has 2 aromatic carbocycles. The van der Waals surface area contributed by atoms with Crippen molar-refractivity contribution in [1.29, 1.82) is 0 Å². The van der Waals surface area contributed by atoms with Gasteiger partial charge in [-0.15, -0.1) is 0 Å². The summed E-state index contributed by atoms with van der Waals surface area (Å²) in [7, 11) is 0. The molecule has 0 aliphatic heterocycles. The van der Waals surface area contributed by atoms with Crippen LogP contribution in [-0.4, -0.2) is 26.8 Å². The van der Waals surface area contributed by atoms with Gasteiger partial charge in [0.1, 0.15) is 5.75 Å². The number of anilines is 1. The summed E-state index contributed by atoms with van der Waals surface area (Å²) in [6, 6.07) is 16.1. The number of aromatic hydroxyl groups is 1. The van der Waals surface area contributed by atoms with E-state index in [1.165, 1.54) is 16.8 Å². The van der Waals surface area contributed by atoms with Gasteiger partial charge in [0.05, 0.1) is 19.0 Å². The molecule has 0 radical (unpaired) electrons. The van der Waals surface area contributed by atoms with E-state index in [0.717, 1.165) is 11.1 Å². The van der Waals surface area contributed by atoms with Gasteiger partial charge in [0, 0.05) is 6.20 Å². The lowest BCUT2D eigenvalue weighted by atomic mass is 10.0. The monoisotopic (exact) mass is 421 g/mol. The van der Waals surface area contributed by atoms with Crippen molar-refractivity contribution >= 4 is 17.7 Å². The van der Waals surface area contributed by atoms with Crippen molar-refractivity contribution in [1.82, 2.24) is 9.88 Å². The van der Waals surface area contributed by atoms with Gasteiger partial charge in [0.2, 0.25) is 0 Å². The number of benzene rings is 2. The molecule has 0 aliphatic rings. The number of hydrogen-bond donors (Lipinski definition) is 4. The lowest BCUT2D eigenvalue weighted by Gasteiger charge is -2.18. The molecule has 1 heterocycles. The Labute approximate surface area is 178 Å². The minimum Gasteiger partial charge on any atom is -0.505 e. The number of pyridine rings is 1. The van der Waals surface area contributed by atoms with E-state index in [4.69, 9.17) is 0 Å². The highest BCUT2D eigenvalue weighted by atomic mass is 16.4. The summed E-state index contributed by atoms with van der Waals surface area (Å²) in [5.41, 5.74) is 1.63. The summed E-state index contributed by atoms with van der Waals surface area (Å²) in [5, 5.41) is 24.2. The van der Waals surface area contributed by atoms with Gasteiger partial charge in [-0.05, 0) is 24.1 Å². The third-order valence-electron chi connectivity index (χ3n) is 4.74. The number of hydrogen-bond acceptors (Lipinski definition) is 4. The fraction of sp³-hybridized carbons (Fsp3) is 0.174. The molecular weight excluding hydrogens is 398 g/mol. The van der Waals surface area contributed by atoms with Gasteiger partial charge >= 0.3 is 12.0 Å². The van der Waals surface area contributed by atoms with E-state index in [1.54, 1.807) is 12.1 Å². The summed E-state index contributed by atoms with van der Waals surface area (Å²) < 4.78 is 1.36. The molecule has 0 unspecified atom stereocenters. The van der Waals surface area contributed by atoms with E-state index in [1.807, 2.05) is 49.4 Å². The van der Waals surface area contributed by atoms with Gasteiger partial charge in [0.25, 0.3) is 5.56 Å². The van der Waals surface area contributed by atoms with Crippen LogP contribution in [0.15, 0.2) is 71.7 Å². The average molecular weight is 421 g/mol. The van der Waals surface area contributed by atoms with Gasteiger partial charge in [-0.2, -0.15) is 0 Å². The zero-order valence-corrected chi connectivity index (χ0v) is 16.9. The molecule has 160 valence electrons. The Kier molecular flexibility index (Phi) is 6.71. The highest BCUT2D eigenvalue weighted by Crippen LogP contribution is 2.20. The van der Waals surface area contributed by atoms with Crippen LogP contribution in [0.25, 0.3) is 0 Å². The van der Waals surface area contributed by atoms with Gasteiger partial charge in [-0.25, -0.2) is 4.79 Å². The summed E-state index contributed by atoms with van der Waals surface area (Å²) in [4.78, 5) is 36.6. The largest absolute Gasteiger partial charge is 0.505 e. The first-order chi connectivity index (χ1) is 14.8. The lowest BCUT2D eigenvalue weighted by molar-refractivity contribution is -0.137. The number of urea groups is 1. The number of carbonyl (C=O) groups excluding carboxylic acids is 1. The van der Waals surface area contributed by atoms with E-state index in [2.05, 4.69) is 10.6 Å². The van der Waals surface area contributed by atoms with Crippen molar-refractivity contribution in [3.63, 3.8) is 0 Å². The first-order valence-electron chi connectivity index (χ1n) is 9.65. The van der Waals surface area contributed by atoms with Crippen molar-refractivity contribution in [2.45, 2.75) is 25.9 Å². The first kappa shape index (κ1) is 21.6. The number of carboxylic acids is 1. The van der Waals surface area contributed by atoms with Crippen LogP contribution < -0.4 is 16.2 Å². The van der Waals surface area contributed by atoms with Crippen molar-refractivity contribution in [3.05, 3.63) is 93.9 Å². The zero-order valence-electron chi connectivity index (χ0n) is 16.9. The number of nitrogens with one attached hydrogen (secondary N) is 2. The van der Waals surface area contributed by atoms with Crippen LogP contribution in [0.1, 0.15) is 29.2 Å². The molecule has 0 aliphatic carbocycles. The molecule has 8 heteroatoms. The summed E-state index contributed by atoms with van der Waals surface area (Å²) in [5.74, 6) is -1.46. The minimum absolute atomic E-state index is 0.265. The SMILES string of the molecule is Cc1ccc([C@H](CC(=O)O)NC(=O)Nc2c(O)ccn(Cc3ccccc3)c2=O)cc1. The Morgan fingerprint density at radius 3 is 2.35 bits per heavy atom. The Morgan fingerprint density at radius 1 is 1.03 bits per heavy atom. The third kappa shape index (κ3) is 5.72. The van der Waals surface area contributed by atoms with Crippen molar-refractivity contribution < 1.29 is 19.8 Å². The first-order valence-corrected chi connectivity index (χ1v) is 9.65. The van der Waals surface area contributed by atoms with E-state index in [0.29, 0.717) is 5.56 Å².